The summed E-state index contributed by atoms with van der Waals surface area (Å²) in [5.41, 5.74) is 2.83. The van der Waals surface area contributed by atoms with Crippen LogP contribution in [0.5, 0.6) is 5.75 Å². The molecule has 2 aromatic heterocycles. The summed E-state index contributed by atoms with van der Waals surface area (Å²) in [6, 6.07) is 7.80. The van der Waals surface area contributed by atoms with Crippen molar-refractivity contribution >= 4 is 11.3 Å². The van der Waals surface area contributed by atoms with Crippen LogP contribution in [0.4, 0.5) is 0 Å². The van der Waals surface area contributed by atoms with Gasteiger partial charge in [-0.1, -0.05) is 17.3 Å². The summed E-state index contributed by atoms with van der Waals surface area (Å²) < 4.78 is 7.16. The van der Waals surface area contributed by atoms with Gasteiger partial charge >= 0.3 is 0 Å². The number of rotatable bonds is 4. The Balaban J connectivity index is 1.86. The first-order valence-electron chi connectivity index (χ1n) is 6.64. The number of para-hydroxylation sites is 1. The molecule has 0 atom stereocenters. The highest BCUT2D eigenvalue weighted by Crippen LogP contribution is 2.27. The third kappa shape index (κ3) is 2.80. The normalized spacial score (nSPS) is 10.8. The van der Waals surface area contributed by atoms with Crippen molar-refractivity contribution in [2.24, 2.45) is 0 Å². The number of methoxy groups -OCH3 is 1. The lowest BCUT2D eigenvalue weighted by atomic mass is 10.1. The monoisotopic (exact) mass is 300 g/mol. The molecule has 3 rings (SSSR count). The van der Waals surface area contributed by atoms with Crippen molar-refractivity contribution in [3.8, 4) is 17.0 Å². The Morgan fingerprint density at radius 1 is 1.24 bits per heavy atom. The minimum atomic E-state index is 0.640. The summed E-state index contributed by atoms with van der Waals surface area (Å²) in [5.74, 6) is 0.797. The second-order valence-corrected chi connectivity index (χ2v) is 6.04. The molecular weight excluding hydrogens is 284 g/mol. The number of hydrogen-bond donors (Lipinski definition) is 0. The SMILES string of the molecule is COc1ccccc1-c1cn(Cc2nc(C)c(C)s2)nn1. The highest BCUT2D eigenvalue weighted by molar-refractivity contribution is 7.11. The van der Waals surface area contributed by atoms with Crippen LogP contribution in [-0.4, -0.2) is 27.1 Å². The van der Waals surface area contributed by atoms with E-state index in [-0.39, 0.29) is 0 Å². The fourth-order valence-electron chi connectivity index (χ4n) is 2.10. The first kappa shape index (κ1) is 13.8. The van der Waals surface area contributed by atoms with Gasteiger partial charge in [-0.2, -0.15) is 0 Å². The van der Waals surface area contributed by atoms with Gasteiger partial charge in [0.2, 0.25) is 0 Å². The summed E-state index contributed by atoms with van der Waals surface area (Å²) in [4.78, 5) is 5.77. The molecule has 0 aliphatic carbocycles. The fourth-order valence-corrected chi connectivity index (χ4v) is 3.03. The number of ether oxygens (including phenoxy) is 1. The molecule has 108 valence electrons. The first-order chi connectivity index (χ1) is 10.2. The smallest absolute Gasteiger partial charge is 0.128 e. The van der Waals surface area contributed by atoms with Crippen molar-refractivity contribution in [1.82, 2.24) is 20.0 Å². The summed E-state index contributed by atoms with van der Waals surface area (Å²) >= 11 is 1.70. The van der Waals surface area contributed by atoms with Gasteiger partial charge in [-0.05, 0) is 26.0 Å². The molecular formula is C15H16N4OS. The minimum absolute atomic E-state index is 0.640. The molecule has 3 aromatic rings. The maximum absolute atomic E-state index is 5.36. The lowest BCUT2D eigenvalue weighted by Gasteiger charge is -2.04. The molecule has 0 saturated heterocycles. The summed E-state index contributed by atoms with van der Waals surface area (Å²) in [5, 5.41) is 9.45. The molecule has 6 heteroatoms. The summed E-state index contributed by atoms with van der Waals surface area (Å²) in [6.07, 6.45) is 1.92. The van der Waals surface area contributed by atoms with Crippen LogP contribution in [0.1, 0.15) is 15.6 Å². The number of thiazole rings is 1. The maximum atomic E-state index is 5.36. The molecule has 0 saturated carbocycles. The number of benzene rings is 1. The molecule has 0 N–H and O–H groups in total. The molecule has 0 aliphatic heterocycles. The van der Waals surface area contributed by atoms with E-state index in [0.29, 0.717) is 6.54 Å². The van der Waals surface area contributed by atoms with Crippen LogP contribution in [0.15, 0.2) is 30.5 Å². The molecule has 21 heavy (non-hydrogen) atoms. The second kappa shape index (κ2) is 5.65. The molecule has 5 nitrogen and oxygen atoms in total. The standard InChI is InChI=1S/C15H16N4OS/c1-10-11(2)21-15(16-10)9-19-8-13(17-18-19)12-6-4-5-7-14(12)20-3/h4-8H,9H2,1-3H3. The molecule has 0 bridgehead atoms. The van der Waals surface area contributed by atoms with Crippen LogP contribution in [0, 0.1) is 13.8 Å². The van der Waals surface area contributed by atoms with Gasteiger partial charge in [0.25, 0.3) is 0 Å². The van der Waals surface area contributed by atoms with E-state index in [1.807, 2.05) is 37.4 Å². The van der Waals surface area contributed by atoms with Crippen LogP contribution in [0.3, 0.4) is 0 Å². The van der Waals surface area contributed by atoms with Crippen LogP contribution in [-0.2, 0) is 6.54 Å². The Bertz CT molecular complexity index is 743. The van der Waals surface area contributed by atoms with Gasteiger partial charge in [0, 0.05) is 10.4 Å². The zero-order chi connectivity index (χ0) is 14.8. The van der Waals surface area contributed by atoms with Crippen LogP contribution < -0.4 is 4.74 Å². The van der Waals surface area contributed by atoms with Crippen molar-refractivity contribution in [2.75, 3.05) is 7.11 Å². The fraction of sp³-hybridized carbons (Fsp3) is 0.267. The third-order valence-corrected chi connectivity index (χ3v) is 4.35. The highest BCUT2D eigenvalue weighted by atomic mass is 32.1. The van der Waals surface area contributed by atoms with Crippen LogP contribution in [0.25, 0.3) is 11.3 Å². The van der Waals surface area contributed by atoms with Crippen molar-refractivity contribution in [2.45, 2.75) is 20.4 Å². The lowest BCUT2D eigenvalue weighted by molar-refractivity contribution is 0.416. The van der Waals surface area contributed by atoms with E-state index in [1.54, 1.807) is 23.1 Å². The Morgan fingerprint density at radius 2 is 2.05 bits per heavy atom. The minimum Gasteiger partial charge on any atom is -0.496 e. The van der Waals surface area contributed by atoms with Gasteiger partial charge in [0.15, 0.2) is 0 Å². The molecule has 0 aliphatic rings. The number of nitrogens with zero attached hydrogens (tertiary/aromatic N) is 4. The predicted octanol–water partition coefficient (Wildman–Crippen LogP) is 3.08. The largest absolute Gasteiger partial charge is 0.496 e. The Morgan fingerprint density at radius 3 is 2.76 bits per heavy atom. The lowest BCUT2D eigenvalue weighted by Crippen LogP contribution is -1.99. The zero-order valence-electron chi connectivity index (χ0n) is 12.2. The number of aryl methyl sites for hydroxylation is 2. The van der Waals surface area contributed by atoms with Gasteiger partial charge < -0.3 is 4.74 Å². The Labute approximate surface area is 127 Å². The highest BCUT2D eigenvalue weighted by Gasteiger charge is 2.10. The maximum Gasteiger partial charge on any atom is 0.128 e. The van der Waals surface area contributed by atoms with Gasteiger partial charge in [0.1, 0.15) is 16.5 Å². The molecule has 0 spiro atoms. The molecule has 1 aromatic carbocycles. The predicted molar refractivity (Wildman–Crippen MR) is 82.7 cm³/mol. The second-order valence-electron chi connectivity index (χ2n) is 4.75. The quantitative estimate of drug-likeness (QED) is 0.743. The van der Waals surface area contributed by atoms with Crippen LogP contribution in [0.2, 0.25) is 0 Å². The number of aromatic nitrogens is 4. The third-order valence-electron chi connectivity index (χ3n) is 3.29. The van der Waals surface area contributed by atoms with E-state index in [9.17, 15) is 0 Å². The van der Waals surface area contributed by atoms with Gasteiger partial charge in [-0.15, -0.1) is 16.4 Å². The van der Waals surface area contributed by atoms with Crippen molar-refractivity contribution < 1.29 is 4.74 Å². The van der Waals surface area contributed by atoms with Gasteiger partial charge in [0.05, 0.1) is 25.5 Å². The number of hydrogen-bond acceptors (Lipinski definition) is 5. The average molecular weight is 300 g/mol. The summed E-state index contributed by atoms with van der Waals surface area (Å²) in [6.45, 7) is 4.75. The molecule has 0 radical (unpaired) electrons. The van der Waals surface area contributed by atoms with E-state index in [4.69, 9.17) is 4.74 Å². The molecule has 2 heterocycles. The van der Waals surface area contributed by atoms with E-state index >= 15 is 0 Å². The van der Waals surface area contributed by atoms with Crippen molar-refractivity contribution in [1.29, 1.82) is 0 Å². The van der Waals surface area contributed by atoms with Gasteiger partial charge in [-0.25, -0.2) is 9.67 Å². The molecule has 0 amide bonds. The van der Waals surface area contributed by atoms with Gasteiger partial charge in [-0.3, -0.25) is 0 Å². The molecule has 0 unspecified atom stereocenters. The topological polar surface area (TPSA) is 52.8 Å². The van der Waals surface area contributed by atoms with Crippen molar-refractivity contribution in [3.05, 3.63) is 46.0 Å². The van der Waals surface area contributed by atoms with E-state index < -0.39 is 0 Å². The van der Waals surface area contributed by atoms with E-state index in [1.165, 1.54) is 4.88 Å². The van der Waals surface area contributed by atoms with Crippen LogP contribution >= 0.6 is 11.3 Å². The Kier molecular flexibility index (Phi) is 3.70. The molecule has 0 fully saturated rings. The summed E-state index contributed by atoms with van der Waals surface area (Å²) in [7, 11) is 1.66. The van der Waals surface area contributed by atoms with Crippen molar-refractivity contribution in [3.63, 3.8) is 0 Å². The zero-order valence-corrected chi connectivity index (χ0v) is 13.0. The van der Waals surface area contributed by atoms with E-state index in [0.717, 1.165) is 27.7 Å². The van der Waals surface area contributed by atoms with E-state index in [2.05, 4.69) is 22.2 Å². The Hall–Kier alpha value is -2.21. The average Bonchev–Trinajstić information content (AvgIpc) is 3.06. The first-order valence-corrected chi connectivity index (χ1v) is 7.45.